The standard InChI is InChI=1S/C16H33NO2.C6H15NO3S/c1-4-5-6-7-8-9-10-11-12-13-14-17(2,3)15-16(18)19;1-7(2,3)5-4-6-11(8,9)10/h4-15H2,1-3H3;4-6H2,1-3H3/p+2. The van der Waals surface area contributed by atoms with Gasteiger partial charge in [-0.05, 0) is 12.8 Å². The quantitative estimate of drug-likeness (QED) is 0.197. The first-order valence-corrected chi connectivity index (χ1v) is 13.1. The van der Waals surface area contributed by atoms with Gasteiger partial charge in [-0.3, -0.25) is 4.55 Å². The molecule has 0 aliphatic rings. The third-order valence-corrected chi connectivity index (χ3v) is 5.72. The maximum Gasteiger partial charge on any atom is 0.359 e. The van der Waals surface area contributed by atoms with E-state index < -0.39 is 16.1 Å². The number of unbranched alkanes of at least 4 members (excludes halogenated alkanes) is 9. The van der Waals surface area contributed by atoms with Crippen LogP contribution in [-0.2, 0) is 14.9 Å². The minimum absolute atomic E-state index is 0.136. The Morgan fingerprint density at radius 3 is 1.53 bits per heavy atom. The van der Waals surface area contributed by atoms with Crippen molar-refractivity contribution in [3.05, 3.63) is 0 Å². The average Bonchev–Trinajstić information content (AvgIpc) is 2.53. The molecule has 0 aromatic heterocycles. The first kappa shape index (κ1) is 31.5. The van der Waals surface area contributed by atoms with Crippen LogP contribution < -0.4 is 0 Å². The molecule has 0 fully saturated rings. The molecule has 0 amide bonds. The first-order chi connectivity index (χ1) is 13.7. The van der Waals surface area contributed by atoms with Crippen LogP contribution in [0.1, 0.15) is 77.6 Å². The zero-order chi connectivity index (χ0) is 23.7. The molecule has 30 heavy (non-hydrogen) atoms. The molecule has 0 aliphatic heterocycles. The van der Waals surface area contributed by atoms with Crippen molar-refractivity contribution in [2.45, 2.75) is 77.6 Å². The second kappa shape index (κ2) is 16.9. The van der Waals surface area contributed by atoms with E-state index in [0.717, 1.165) is 24.0 Å². The molecule has 0 aromatic carbocycles. The lowest BCUT2D eigenvalue weighted by molar-refractivity contribution is -0.883. The molecular formula is C22H50N2O5S+2. The molecule has 0 atom stereocenters. The van der Waals surface area contributed by atoms with Gasteiger partial charge in [0.2, 0.25) is 0 Å². The highest BCUT2D eigenvalue weighted by Gasteiger charge is 2.18. The Balaban J connectivity index is 0. The Bertz CT molecular complexity index is 528. The fourth-order valence-corrected chi connectivity index (χ4v) is 3.69. The molecule has 0 heterocycles. The number of likely N-dealkylation sites (N-methyl/N-ethyl adjacent to an activating group) is 1. The molecule has 182 valence electrons. The predicted octanol–water partition coefficient (Wildman–Crippen LogP) is 4.04. The van der Waals surface area contributed by atoms with Gasteiger partial charge >= 0.3 is 5.97 Å². The van der Waals surface area contributed by atoms with Crippen molar-refractivity contribution in [3.8, 4) is 0 Å². The normalized spacial score (nSPS) is 12.4. The lowest BCUT2D eigenvalue weighted by atomic mass is 10.1. The third kappa shape index (κ3) is 29.5. The van der Waals surface area contributed by atoms with Crippen LogP contribution in [0.25, 0.3) is 0 Å². The van der Waals surface area contributed by atoms with E-state index in [2.05, 4.69) is 6.92 Å². The first-order valence-electron chi connectivity index (χ1n) is 11.5. The number of carbonyl (C=O) groups is 1. The third-order valence-electron chi connectivity index (χ3n) is 4.91. The molecule has 0 aliphatic carbocycles. The maximum absolute atomic E-state index is 10.7. The van der Waals surface area contributed by atoms with Gasteiger partial charge in [0.25, 0.3) is 10.1 Å². The Kier molecular flexibility index (Phi) is 17.8. The molecule has 7 nitrogen and oxygen atoms in total. The second-order valence-electron chi connectivity index (χ2n) is 10.0. The predicted molar refractivity (Wildman–Crippen MR) is 125 cm³/mol. The van der Waals surface area contributed by atoms with E-state index in [9.17, 15) is 13.2 Å². The van der Waals surface area contributed by atoms with Gasteiger partial charge in [-0.15, -0.1) is 0 Å². The molecule has 0 spiro atoms. The molecule has 8 heteroatoms. The van der Waals surface area contributed by atoms with Crippen molar-refractivity contribution in [1.29, 1.82) is 0 Å². The summed E-state index contributed by atoms with van der Waals surface area (Å²) < 4.78 is 30.2. The van der Waals surface area contributed by atoms with Crippen molar-refractivity contribution < 1.29 is 31.8 Å². The van der Waals surface area contributed by atoms with Gasteiger partial charge in [-0.1, -0.05) is 58.3 Å². The number of rotatable bonds is 17. The van der Waals surface area contributed by atoms with Crippen LogP contribution in [0.4, 0.5) is 0 Å². The summed E-state index contributed by atoms with van der Waals surface area (Å²) in [5.74, 6) is -0.834. The van der Waals surface area contributed by atoms with E-state index in [1.165, 1.54) is 57.8 Å². The van der Waals surface area contributed by atoms with Gasteiger partial charge < -0.3 is 14.1 Å². The van der Waals surface area contributed by atoms with E-state index in [1.807, 2.05) is 35.2 Å². The number of carboxylic acid groups (broad SMARTS) is 1. The molecule has 0 bridgehead atoms. The lowest BCUT2D eigenvalue weighted by Crippen LogP contribution is -2.44. The summed E-state index contributed by atoms with van der Waals surface area (Å²) in [7, 11) is 6.18. The Morgan fingerprint density at radius 1 is 0.733 bits per heavy atom. The number of nitrogens with zero attached hydrogens (tertiary/aromatic N) is 2. The smallest absolute Gasteiger partial charge is 0.359 e. The van der Waals surface area contributed by atoms with Crippen molar-refractivity contribution in [3.63, 3.8) is 0 Å². The van der Waals surface area contributed by atoms with Gasteiger partial charge in [0, 0.05) is 6.42 Å². The summed E-state index contributed by atoms with van der Waals surface area (Å²) in [5, 5.41) is 8.79. The molecule has 0 saturated heterocycles. The number of carboxylic acids is 1. The number of hydrogen-bond acceptors (Lipinski definition) is 3. The van der Waals surface area contributed by atoms with Crippen LogP contribution in [0.2, 0.25) is 0 Å². The zero-order valence-electron chi connectivity index (χ0n) is 20.5. The molecule has 0 saturated carbocycles. The number of quaternary nitrogens is 2. The van der Waals surface area contributed by atoms with Crippen LogP contribution in [0.5, 0.6) is 0 Å². The summed E-state index contributed by atoms with van der Waals surface area (Å²) in [6.07, 6.45) is 13.8. The van der Waals surface area contributed by atoms with Crippen molar-refractivity contribution in [1.82, 2.24) is 0 Å². The van der Waals surface area contributed by atoms with Gasteiger partial charge in [0.05, 0.1) is 54.1 Å². The van der Waals surface area contributed by atoms with E-state index >= 15 is 0 Å². The maximum atomic E-state index is 10.7. The van der Waals surface area contributed by atoms with Crippen molar-refractivity contribution in [2.24, 2.45) is 0 Å². The zero-order valence-corrected chi connectivity index (χ0v) is 21.3. The molecular weight excluding hydrogens is 404 g/mol. The summed E-state index contributed by atoms with van der Waals surface area (Å²) in [6, 6.07) is 0. The van der Waals surface area contributed by atoms with Crippen LogP contribution in [0.15, 0.2) is 0 Å². The molecule has 0 rings (SSSR count). The van der Waals surface area contributed by atoms with Gasteiger partial charge in [-0.2, -0.15) is 8.42 Å². The lowest BCUT2D eigenvalue weighted by Gasteiger charge is -2.27. The Morgan fingerprint density at radius 2 is 1.17 bits per heavy atom. The van der Waals surface area contributed by atoms with E-state index in [0.29, 0.717) is 10.9 Å². The molecule has 2 N–H and O–H groups in total. The van der Waals surface area contributed by atoms with Gasteiger partial charge in [0.1, 0.15) is 0 Å². The summed E-state index contributed by atoms with van der Waals surface area (Å²) in [4.78, 5) is 10.7. The summed E-state index contributed by atoms with van der Waals surface area (Å²) in [5.41, 5.74) is 0. The van der Waals surface area contributed by atoms with Gasteiger partial charge in [0.15, 0.2) is 6.54 Å². The van der Waals surface area contributed by atoms with E-state index in [-0.39, 0.29) is 12.3 Å². The van der Waals surface area contributed by atoms with Crippen molar-refractivity contribution in [2.75, 3.05) is 60.6 Å². The fraction of sp³-hybridized carbons (Fsp3) is 0.955. The van der Waals surface area contributed by atoms with Crippen LogP contribution in [-0.4, -0.2) is 93.6 Å². The van der Waals surface area contributed by atoms with Crippen LogP contribution in [0.3, 0.4) is 0 Å². The average molecular weight is 455 g/mol. The highest BCUT2D eigenvalue weighted by Crippen LogP contribution is 2.11. The summed E-state index contributed by atoms with van der Waals surface area (Å²) in [6.45, 7) is 4.21. The second-order valence-corrected chi connectivity index (χ2v) is 11.6. The highest BCUT2D eigenvalue weighted by molar-refractivity contribution is 7.85. The topological polar surface area (TPSA) is 91.7 Å². The number of aliphatic carboxylic acids is 1. The van der Waals surface area contributed by atoms with Crippen molar-refractivity contribution >= 4 is 16.1 Å². The Hall–Kier alpha value is -0.700. The van der Waals surface area contributed by atoms with E-state index in [1.54, 1.807) is 0 Å². The SMILES string of the molecule is CCCCCCCCCCCC[N+](C)(C)CC(=O)O.C[N+](C)(C)CCCS(=O)(=O)O. The van der Waals surface area contributed by atoms with Crippen LogP contribution in [0, 0.1) is 0 Å². The van der Waals surface area contributed by atoms with E-state index in [4.69, 9.17) is 9.66 Å². The van der Waals surface area contributed by atoms with Crippen LogP contribution >= 0.6 is 0 Å². The molecule has 0 radical (unpaired) electrons. The molecule has 0 unspecified atom stereocenters. The summed E-state index contributed by atoms with van der Waals surface area (Å²) >= 11 is 0. The van der Waals surface area contributed by atoms with Gasteiger partial charge in [-0.25, -0.2) is 4.79 Å². The fourth-order valence-electron chi connectivity index (χ4n) is 3.19. The monoisotopic (exact) mass is 454 g/mol. The Labute approximate surface area is 186 Å². The minimum Gasteiger partial charge on any atom is -0.477 e. The highest BCUT2D eigenvalue weighted by atomic mass is 32.2. The minimum atomic E-state index is -3.76. The molecule has 0 aromatic rings. The number of hydrogen-bond donors (Lipinski definition) is 2. The largest absolute Gasteiger partial charge is 0.477 e.